The van der Waals surface area contributed by atoms with Crippen molar-refractivity contribution in [1.29, 1.82) is 0 Å². The average molecular weight is 371 g/mol. The van der Waals surface area contributed by atoms with Gasteiger partial charge in [-0.15, -0.1) is 0 Å². The van der Waals surface area contributed by atoms with Crippen LogP contribution in [0.15, 0.2) is 59.9 Å². The molecule has 0 radical (unpaired) electrons. The topological polar surface area (TPSA) is 27.1 Å². The quantitative estimate of drug-likeness (QED) is 0.510. The monoisotopic (exact) mass is 370 g/mol. The summed E-state index contributed by atoms with van der Waals surface area (Å²) >= 11 is 7.88. The van der Waals surface area contributed by atoms with Crippen LogP contribution in [0.2, 0.25) is 5.02 Å². The van der Waals surface area contributed by atoms with Crippen molar-refractivity contribution < 1.29 is 4.74 Å². The summed E-state index contributed by atoms with van der Waals surface area (Å²) in [7, 11) is 1.69. The van der Waals surface area contributed by atoms with Gasteiger partial charge in [0.05, 0.1) is 19.0 Å². The van der Waals surface area contributed by atoms with Crippen molar-refractivity contribution in [1.82, 2.24) is 9.55 Å². The Bertz CT molecular complexity index is 875. The van der Waals surface area contributed by atoms with E-state index in [-0.39, 0.29) is 0 Å². The van der Waals surface area contributed by atoms with Crippen molar-refractivity contribution in [3.63, 3.8) is 0 Å². The summed E-state index contributed by atoms with van der Waals surface area (Å²) in [4.78, 5) is 4.70. The van der Waals surface area contributed by atoms with Crippen molar-refractivity contribution in [2.24, 2.45) is 0 Å². The van der Waals surface area contributed by atoms with Gasteiger partial charge in [-0.3, -0.25) is 0 Å². The SMILES string of the molecule is COc1ccc(Cl)cc1CSc1ncc(-c2ccccc2)n1C1CC1. The van der Waals surface area contributed by atoms with Crippen LogP contribution in [0.1, 0.15) is 24.4 Å². The Morgan fingerprint density at radius 3 is 2.72 bits per heavy atom. The van der Waals surface area contributed by atoms with Crippen molar-refractivity contribution in [3.8, 4) is 17.0 Å². The molecule has 0 N–H and O–H groups in total. The second-order valence-corrected chi connectivity index (χ2v) is 7.52. The number of hydrogen-bond donors (Lipinski definition) is 0. The highest BCUT2D eigenvalue weighted by molar-refractivity contribution is 7.98. The minimum absolute atomic E-state index is 0.571. The van der Waals surface area contributed by atoms with Crippen LogP contribution in [0, 0.1) is 0 Å². The van der Waals surface area contributed by atoms with Gasteiger partial charge in [-0.2, -0.15) is 0 Å². The standard InChI is InChI=1S/C20H19ClN2OS/c1-24-19-10-7-16(21)11-15(19)13-25-20-22-12-18(23(20)17-8-9-17)14-5-3-2-4-6-14/h2-7,10-12,17H,8-9,13H2,1H3. The van der Waals surface area contributed by atoms with Crippen molar-refractivity contribution in [2.75, 3.05) is 7.11 Å². The van der Waals surface area contributed by atoms with Crippen LogP contribution in [0.4, 0.5) is 0 Å². The lowest BCUT2D eigenvalue weighted by molar-refractivity contribution is 0.411. The first kappa shape index (κ1) is 16.6. The van der Waals surface area contributed by atoms with Crippen LogP contribution in [-0.2, 0) is 5.75 Å². The number of halogens is 1. The van der Waals surface area contributed by atoms with Gasteiger partial charge in [-0.1, -0.05) is 53.7 Å². The van der Waals surface area contributed by atoms with Crippen molar-refractivity contribution in [3.05, 3.63) is 65.3 Å². The zero-order valence-corrected chi connectivity index (χ0v) is 15.6. The van der Waals surface area contributed by atoms with Crippen LogP contribution in [-0.4, -0.2) is 16.7 Å². The fraction of sp³-hybridized carbons (Fsp3) is 0.250. The first-order chi connectivity index (χ1) is 12.3. The van der Waals surface area contributed by atoms with Gasteiger partial charge in [0, 0.05) is 22.4 Å². The molecule has 1 fully saturated rings. The predicted molar refractivity (Wildman–Crippen MR) is 103 cm³/mol. The molecule has 0 unspecified atom stereocenters. The first-order valence-corrected chi connectivity index (χ1v) is 9.70. The second kappa shape index (κ2) is 7.14. The Morgan fingerprint density at radius 2 is 2.00 bits per heavy atom. The fourth-order valence-electron chi connectivity index (χ4n) is 2.96. The Labute approximate surface area is 157 Å². The average Bonchev–Trinajstić information content (AvgIpc) is 3.40. The molecule has 1 heterocycles. The molecule has 3 aromatic rings. The molecule has 1 aliphatic rings. The molecule has 1 aliphatic carbocycles. The lowest BCUT2D eigenvalue weighted by atomic mass is 10.2. The van der Waals surface area contributed by atoms with Crippen molar-refractivity contribution in [2.45, 2.75) is 29.8 Å². The molecule has 0 bridgehead atoms. The zero-order chi connectivity index (χ0) is 17.2. The Hall–Kier alpha value is -1.91. The lowest BCUT2D eigenvalue weighted by Crippen LogP contribution is -1.99. The van der Waals surface area contributed by atoms with Gasteiger partial charge < -0.3 is 9.30 Å². The van der Waals surface area contributed by atoms with E-state index in [1.807, 2.05) is 30.5 Å². The molecule has 0 spiro atoms. The van der Waals surface area contributed by atoms with Gasteiger partial charge >= 0.3 is 0 Å². The molecule has 4 rings (SSSR count). The van der Waals surface area contributed by atoms with E-state index in [9.17, 15) is 0 Å². The summed E-state index contributed by atoms with van der Waals surface area (Å²) in [5.74, 6) is 1.64. The van der Waals surface area contributed by atoms with Gasteiger partial charge in [0.15, 0.2) is 5.16 Å². The van der Waals surface area contributed by atoms with E-state index in [1.54, 1.807) is 18.9 Å². The molecule has 0 aliphatic heterocycles. The first-order valence-electron chi connectivity index (χ1n) is 8.34. The highest BCUT2D eigenvalue weighted by atomic mass is 35.5. The molecule has 1 saturated carbocycles. The maximum absolute atomic E-state index is 6.15. The number of methoxy groups -OCH3 is 1. The molecule has 1 aromatic heterocycles. The summed E-state index contributed by atoms with van der Waals surface area (Å²) in [5.41, 5.74) is 3.50. The molecule has 0 saturated heterocycles. The van der Waals surface area contributed by atoms with Crippen LogP contribution in [0.25, 0.3) is 11.3 Å². The smallest absolute Gasteiger partial charge is 0.169 e. The number of imidazole rings is 1. The van der Waals surface area contributed by atoms with Crippen LogP contribution < -0.4 is 4.74 Å². The minimum atomic E-state index is 0.571. The van der Waals surface area contributed by atoms with Gasteiger partial charge in [0.1, 0.15) is 5.75 Å². The summed E-state index contributed by atoms with van der Waals surface area (Å²) in [6.07, 6.45) is 4.44. The van der Waals surface area contributed by atoms with Gasteiger partial charge in [-0.05, 0) is 36.6 Å². The van der Waals surface area contributed by atoms with Gasteiger partial charge in [-0.25, -0.2) is 4.98 Å². The number of thioether (sulfide) groups is 1. The van der Waals surface area contributed by atoms with E-state index < -0.39 is 0 Å². The van der Waals surface area contributed by atoms with Crippen LogP contribution in [0.3, 0.4) is 0 Å². The highest BCUT2D eigenvalue weighted by Crippen LogP contribution is 2.42. The van der Waals surface area contributed by atoms with E-state index in [1.165, 1.54) is 24.1 Å². The Morgan fingerprint density at radius 1 is 1.20 bits per heavy atom. The lowest BCUT2D eigenvalue weighted by Gasteiger charge is -2.12. The normalized spacial score (nSPS) is 13.8. The number of rotatable bonds is 6. The number of ether oxygens (including phenoxy) is 1. The fourth-order valence-corrected chi connectivity index (χ4v) is 4.18. The molecular formula is C20H19ClN2OS. The largest absolute Gasteiger partial charge is 0.496 e. The van der Waals surface area contributed by atoms with Gasteiger partial charge in [0.25, 0.3) is 0 Å². The van der Waals surface area contributed by atoms with Gasteiger partial charge in [0.2, 0.25) is 0 Å². The summed E-state index contributed by atoms with van der Waals surface area (Å²) in [6.45, 7) is 0. The second-order valence-electron chi connectivity index (χ2n) is 6.14. The number of hydrogen-bond acceptors (Lipinski definition) is 3. The van der Waals surface area contributed by atoms with E-state index >= 15 is 0 Å². The molecule has 0 atom stereocenters. The molecule has 2 aromatic carbocycles. The van der Waals surface area contributed by atoms with E-state index in [0.29, 0.717) is 6.04 Å². The third-order valence-corrected chi connectivity index (χ3v) is 5.59. The molecular weight excluding hydrogens is 352 g/mol. The Balaban J connectivity index is 1.62. The number of aromatic nitrogens is 2. The summed E-state index contributed by atoms with van der Waals surface area (Å²) in [6, 6.07) is 16.8. The number of benzene rings is 2. The van der Waals surface area contributed by atoms with Crippen molar-refractivity contribution >= 4 is 23.4 Å². The molecule has 5 heteroatoms. The molecule has 0 amide bonds. The van der Waals surface area contributed by atoms with E-state index in [4.69, 9.17) is 21.3 Å². The maximum Gasteiger partial charge on any atom is 0.169 e. The molecule has 25 heavy (non-hydrogen) atoms. The summed E-state index contributed by atoms with van der Waals surface area (Å²) in [5, 5.41) is 1.79. The Kier molecular flexibility index (Phi) is 4.73. The third-order valence-electron chi connectivity index (χ3n) is 4.34. The summed E-state index contributed by atoms with van der Waals surface area (Å²) < 4.78 is 7.84. The molecule has 3 nitrogen and oxygen atoms in total. The van der Waals surface area contributed by atoms with Crippen LogP contribution in [0.5, 0.6) is 5.75 Å². The third kappa shape index (κ3) is 3.55. The predicted octanol–water partition coefficient (Wildman–Crippen LogP) is 5.84. The number of nitrogens with zero attached hydrogens (tertiary/aromatic N) is 2. The maximum atomic E-state index is 6.15. The highest BCUT2D eigenvalue weighted by Gasteiger charge is 2.29. The molecule has 128 valence electrons. The van der Waals surface area contributed by atoms with Crippen LogP contribution >= 0.6 is 23.4 Å². The van der Waals surface area contributed by atoms with E-state index in [0.717, 1.165) is 27.2 Å². The minimum Gasteiger partial charge on any atom is -0.496 e. The van der Waals surface area contributed by atoms with E-state index in [2.05, 4.69) is 28.8 Å². The zero-order valence-electron chi connectivity index (χ0n) is 14.0.